The lowest BCUT2D eigenvalue weighted by molar-refractivity contribution is -0.140. The predicted molar refractivity (Wildman–Crippen MR) is 104 cm³/mol. The molecule has 2 aromatic heterocycles. The van der Waals surface area contributed by atoms with Crippen molar-refractivity contribution in [2.75, 3.05) is 18.8 Å². The van der Waals surface area contributed by atoms with Crippen molar-refractivity contribution < 1.29 is 9.53 Å². The zero-order chi connectivity index (χ0) is 18.3. The minimum absolute atomic E-state index is 0.0550. The quantitative estimate of drug-likeness (QED) is 0.641. The zero-order valence-electron chi connectivity index (χ0n) is 15.0. The van der Waals surface area contributed by atoms with Gasteiger partial charge in [0, 0.05) is 18.0 Å². The van der Waals surface area contributed by atoms with E-state index in [0.717, 1.165) is 29.5 Å². The number of fused-ring (bicyclic) bond motifs is 3. The molecule has 2 aliphatic rings. The highest BCUT2D eigenvalue weighted by molar-refractivity contribution is 7.99. The van der Waals surface area contributed by atoms with Gasteiger partial charge in [-0.3, -0.25) is 9.59 Å². The molecule has 0 aromatic carbocycles. The summed E-state index contributed by atoms with van der Waals surface area (Å²) >= 11 is 2.94. The van der Waals surface area contributed by atoms with Crippen LogP contribution in [-0.2, 0) is 22.4 Å². The second kappa shape index (κ2) is 7.32. The molecule has 26 heavy (non-hydrogen) atoms. The molecule has 2 aromatic rings. The molecule has 1 fully saturated rings. The monoisotopic (exact) mass is 393 g/mol. The number of rotatable bonds is 3. The standard InChI is InChI=1S/C18H23N3O3S2/c1-10-7-21(8-11(2)24-10)14(22)9-25-18-19-16(23)15-12-5-3-4-6-13(12)26-17(15)20-18/h10-11H,3-9H2,1-2H3,(H,19,20,23)/t10-,11-/m1/s1. The first-order valence-electron chi connectivity index (χ1n) is 9.12. The first-order valence-corrected chi connectivity index (χ1v) is 10.9. The maximum atomic E-state index is 12.6. The maximum Gasteiger partial charge on any atom is 0.260 e. The van der Waals surface area contributed by atoms with Gasteiger partial charge in [0.1, 0.15) is 4.83 Å². The van der Waals surface area contributed by atoms with Crippen LogP contribution in [0, 0.1) is 0 Å². The van der Waals surface area contributed by atoms with Crippen molar-refractivity contribution in [2.24, 2.45) is 0 Å². The van der Waals surface area contributed by atoms with Gasteiger partial charge < -0.3 is 14.6 Å². The number of amides is 1. The lowest BCUT2D eigenvalue weighted by Crippen LogP contribution is -2.48. The van der Waals surface area contributed by atoms with E-state index in [-0.39, 0.29) is 29.4 Å². The minimum Gasteiger partial charge on any atom is -0.372 e. The van der Waals surface area contributed by atoms with E-state index in [2.05, 4.69) is 9.97 Å². The second-order valence-corrected chi connectivity index (χ2v) is 9.15. The van der Waals surface area contributed by atoms with Gasteiger partial charge in [0.2, 0.25) is 5.91 Å². The molecule has 0 radical (unpaired) electrons. The van der Waals surface area contributed by atoms with Crippen molar-refractivity contribution in [2.45, 2.75) is 56.9 Å². The van der Waals surface area contributed by atoms with Crippen molar-refractivity contribution in [3.8, 4) is 0 Å². The molecule has 1 aliphatic heterocycles. The number of thioether (sulfide) groups is 1. The van der Waals surface area contributed by atoms with Crippen molar-refractivity contribution >= 4 is 39.2 Å². The van der Waals surface area contributed by atoms with E-state index in [4.69, 9.17) is 4.74 Å². The minimum atomic E-state index is -0.0713. The third-order valence-corrected chi connectivity index (χ3v) is 6.95. The van der Waals surface area contributed by atoms with Crippen LogP contribution in [0.1, 0.15) is 37.1 Å². The summed E-state index contributed by atoms with van der Waals surface area (Å²) in [6.45, 7) is 5.19. The van der Waals surface area contributed by atoms with Crippen LogP contribution in [0.25, 0.3) is 10.2 Å². The summed E-state index contributed by atoms with van der Waals surface area (Å²) < 4.78 is 5.67. The Balaban J connectivity index is 1.49. The number of hydrogen-bond acceptors (Lipinski definition) is 6. The number of H-pyrrole nitrogens is 1. The van der Waals surface area contributed by atoms with E-state index >= 15 is 0 Å². The number of carbonyl (C=O) groups excluding carboxylic acids is 1. The zero-order valence-corrected chi connectivity index (χ0v) is 16.7. The van der Waals surface area contributed by atoms with Crippen molar-refractivity contribution in [1.82, 2.24) is 14.9 Å². The lowest BCUT2D eigenvalue weighted by atomic mass is 9.97. The summed E-state index contributed by atoms with van der Waals surface area (Å²) in [5.41, 5.74) is 1.12. The number of aryl methyl sites for hydroxylation is 2. The van der Waals surface area contributed by atoms with Gasteiger partial charge in [0.25, 0.3) is 5.56 Å². The van der Waals surface area contributed by atoms with Crippen LogP contribution in [0.15, 0.2) is 9.95 Å². The summed E-state index contributed by atoms with van der Waals surface area (Å²) in [6.07, 6.45) is 4.45. The summed E-state index contributed by atoms with van der Waals surface area (Å²) in [7, 11) is 0. The number of hydrogen-bond donors (Lipinski definition) is 1. The molecule has 2 atom stereocenters. The van der Waals surface area contributed by atoms with Crippen LogP contribution in [0.4, 0.5) is 0 Å². The first kappa shape index (κ1) is 18.0. The number of carbonyl (C=O) groups is 1. The summed E-state index contributed by atoms with van der Waals surface area (Å²) in [4.78, 5) is 36.5. The summed E-state index contributed by atoms with van der Waals surface area (Å²) in [6, 6.07) is 0. The van der Waals surface area contributed by atoms with E-state index in [1.54, 1.807) is 11.3 Å². The van der Waals surface area contributed by atoms with Crippen LogP contribution in [0.2, 0.25) is 0 Å². The Morgan fingerprint density at radius 1 is 1.31 bits per heavy atom. The smallest absolute Gasteiger partial charge is 0.260 e. The van der Waals surface area contributed by atoms with Gasteiger partial charge in [0.15, 0.2) is 5.16 Å². The van der Waals surface area contributed by atoms with Gasteiger partial charge >= 0.3 is 0 Å². The maximum absolute atomic E-state index is 12.6. The number of nitrogens with one attached hydrogen (secondary N) is 1. The number of ether oxygens (including phenoxy) is 1. The van der Waals surface area contributed by atoms with Gasteiger partial charge in [-0.25, -0.2) is 4.98 Å². The largest absolute Gasteiger partial charge is 0.372 e. The van der Waals surface area contributed by atoms with Crippen LogP contribution in [0.3, 0.4) is 0 Å². The molecule has 0 saturated carbocycles. The first-order chi connectivity index (χ1) is 12.5. The fraction of sp³-hybridized carbons (Fsp3) is 0.611. The average molecular weight is 394 g/mol. The second-order valence-electron chi connectivity index (χ2n) is 7.11. The summed E-state index contributed by atoms with van der Waals surface area (Å²) in [5, 5.41) is 1.29. The van der Waals surface area contributed by atoms with Gasteiger partial charge in [-0.05, 0) is 45.1 Å². The third-order valence-electron chi connectivity index (χ3n) is 4.91. The molecule has 6 nitrogen and oxygen atoms in total. The highest BCUT2D eigenvalue weighted by Gasteiger charge is 2.26. The third kappa shape index (κ3) is 3.54. The van der Waals surface area contributed by atoms with E-state index in [1.165, 1.54) is 28.6 Å². The molecule has 8 heteroatoms. The van der Waals surface area contributed by atoms with E-state index < -0.39 is 0 Å². The Labute approximate surface area is 160 Å². The SMILES string of the molecule is C[C@@H]1CN(C(=O)CSc2nc3sc4c(c3c(=O)[nH]2)CCCC4)C[C@@H](C)O1. The van der Waals surface area contributed by atoms with Crippen LogP contribution in [0.5, 0.6) is 0 Å². The van der Waals surface area contributed by atoms with Crippen LogP contribution >= 0.6 is 23.1 Å². The van der Waals surface area contributed by atoms with Crippen LogP contribution < -0.4 is 5.56 Å². The highest BCUT2D eigenvalue weighted by atomic mass is 32.2. The van der Waals surface area contributed by atoms with Gasteiger partial charge in [-0.15, -0.1) is 11.3 Å². The fourth-order valence-corrected chi connectivity index (χ4v) is 5.90. The van der Waals surface area contributed by atoms with Gasteiger partial charge in [0.05, 0.1) is 23.3 Å². The van der Waals surface area contributed by atoms with Crippen molar-refractivity contribution in [3.05, 3.63) is 20.8 Å². The molecular formula is C18H23N3O3S2. The molecule has 140 valence electrons. The van der Waals surface area contributed by atoms with Crippen molar-refractivity contribution in [1.29, 1.82) is 0 Å². The lowest BCUT2D eigenvalue weighted by Gasteiger charge is -2.35. The van der Waals surface area contributed by atoms with E-state index in [0.29, 0.717) is 18.2 Å². The molecule has 1 aliphatic carbocycles. The predicted octanol–water partition coefficient (Wildman–Crippen LogP) is 2.59. The topological polar surface area (TPSA) is 75.3 Å². The van der Waals surface area contributed by atoms with E-state index in [9.17, 15) is 9.59 Å². The van der Waals surface area contributed by atoms with Gasteiger partial charge in [-0.1, -0.05) is 11.8 Å². The highest BCUT2D eigenvalue weighted by Crippen LogP contribution is 2.34. The Bertz CT molecular complexity index is 882. The Hall–Kier alpha value is -1.38. The molecule has 0 bridgehead atoms. The van der Waals surface area contributed by atoms with Crippen LogP contribution in [-0.4, -0.2) is 51.8 Å². The van der Waals surface area contributed by atoms with E-state index in [1.807, 2.05) is 18.7 Å². The molecule has 3 heterocycles. The molecule has 0 spiro atoms. The number of morpholine rings is 1. The molecule has 1 saturated heterocycles. The molecule has 1 N–H and O–H groups in total. The average Bonchev–Trinajstić information content (AvgIpc) is 2.97. The Morgan fingerprint density at radius 2 is 2.04 bits per heavy atom. The Kier molecular flexibility index (Phi) is 5.07. The van der Waals surface area contributed by atoms with Gasteiger partial charge in [-0.2, -0.15) is 0 Å². The van der Waals surface area contributed by atoms with Crippen molar-refractivity contribution in [3.63, 3.8) is 0 Å². The number of nitrogens with zero attached hydrogens (tertiary/aromatic N) is 2. The molecule has 4 rings (SSSR count). The number of thiophene rings is 1. The molecule has 0 unspecified atom stereocenters. The Morgan fingerprint density at radius 3 is 2.81 bits per heavy atom. The summed E-state index contributed by atoms with van der Waals surface area (Å²) in [5.74, 6) is 0.337. The number of aromatic nitrogens is 2. The fourth-order valence-electron chi connectivity index (χ4n) is 3.82. The number of aromatic amines is 1. The normalized spacial score (nSPS) is 23.2. The molecular weight excluding hydrogens is 370 g/mol. The molecule has 1 amide bonds.